The summed E-state index contributed by atoms with van der Waals surface area (Å²) >= 11 is 0. The number of hydrogen-bond donors (Lipinski definition) is 0. The van der Waals surface area contributed by atoms with Crippen LogP contribution >= 0.6 is 0 Å². The zero-order valence-electron chi connectivity index (χ0n) is 18.2. The van der Waals surface area contributed by atoms with Crippen LogP contribution in [0.25, 0.3) is 11.0 Å². The number of aryl methyl sites for hydroxylation is 1. The van der Waals surface area contributed by atoms with Gasteiger partial charge in [-0.1, -0.05) is 18.2 Å². The predicted molar refractivity (Wildman–Crippen MR) is 120 cm³/mol. The lowest BCUT2D eigenvalue weighted by Gasteiger charge is -2.27. The summed E-state index contributed by atoms with van der Waals surface area (Å²) in [5.41, 5.74) is 5.27. The van der Waals surface area contributed by atoms with Crippen LogP contribution in [-0.2, 0) is 13.1 Å². The molecule has 0 amide bonds. The molecule has 0 aliphatic heterocycles. The highest BCUT2D eigenvalue weighted by atomic mass is 19.1. The Morgan fingerprint density at radius 1 is 1.03 bits per heavy atom. The number of hydrogen-bond acceptors (Lipinski definition) is 5. The first-order chi connectivity index (χ1) is 15.0. The second kappa shape index (κ2) is 8.71. The van der Waals surface area contributed by atoms with Gasteiger partial charge < -0.3 is 9.64 Å². The maximum Gasteiger partial charge on any atom is 0.217 e. The van der Waals surface area contributed by atoms with E-state index in [4.69, 9.17) is 9.84 Å². The van der Waals surface area contributed by atoms with Crippen molar-refractivity contribution >= 4 is 16.7 Å². The Hall–Kier alpha value is -3.48. The van der Waals surface area contributed by atoms with Crippen molar-refractivity contribution in [2.45, 2.75) is 39.9 Å². The van der Waals surface area contributed by atoms with Crippen molar-refractivity contribution in [3.63, 3.8) is 0 Å². The molecular weight excluding hydrogens is 393 g/mol. The summed E-state index contributed by atoms with van der Waals surface area (Å²) in [6, 6.07) is 13.6. The van der Waals surface area contributed by atoms with Gasteiger partial charge in [0.05, 0.1) is 18.5 Å². The van der Waals surface area contributed by atoms with Gasteiger partial charge in [-0.3, -0.25) is 9.67 Å². The van der Waals surface area contributed by atoms with E-state index in [0.717, 1.165) is 33.7 Å². The van der Waals surface area contributed by atoms with E-state index in [1.165, 1.54) is 6.20 Å². The van der Waals surface area contributed by atoms with E-state index in [0.29, 0.717) is 18.7 Å². The van der Waals surface area contributed by atoms with Crippen LogP contribution in [0.15, 0.2) is 54.9 Å². The summed E-state index contributed by atoms with van der Waals surface area (Å²) in [5.74, 6) is 0.342. The number of fused-ring (bicyclic) bond motifs is 1. The second-order valence-electron chi connectivity index (χ2n) is 7.81. The number of methoxy groups -OCH3 is 1. The van der Waals surface area contributed by atoms with Crippen molar-refractivity contribution in [3.05, 3.63) is 77.6 Å². The molecule has 0 radical (unpaired) electrons. The molecule has 7 heteroatoms. The molecule has 0 aliphatic carbocycles. The number of anilines is 1. The molecular formula is C24H26FN5O. The Labute approximate surface area is 181 Å². The zero-order valence-corrected chi connectivity index (χ0v) is 18.2. The third-order valence-corrected chi connectivity index (χ3v) is 5.29. The molecule has 160 valence electrons. The molecule has 3 heterocycles. The van der Waals surface area contributed by atoms with Gasteiger partial charge in [-0.25, -0.2) is 4.98 Å². The second-order valence-corrected chi connectivity index (χ2v) is 7.81. The maximum absolute atomic E-state index is 14.4. The lowest BCUT2D eigenvalue weighted by molar-refractivity contribution is 0.414. The monoisotopic (exact) mass is 419 g/mol. The number of aromatic nitrogens is 4. The summed E-state index contributed by atoms with van der Waals surface area (Å²) in [7, 11) is 1.65. The van der Waals surface area contributed by atoms with Crippen LogP contribution in [0.1, 0.15) is 36.7 Å². The molecule has 0 fully saturated rings. The van der Waals surface area contributed by atoms with E-state index in [1.807, 2.05) is 41.9 Å². The van der Waals surface area contributed by atoms with Crippen LogP contribution in [0, 0.1) is 12.9 Å². The van der Waals surface area contributed by atoms with Crippen molar-refractivity contribution in [1.82, 2.24) is 19.7 Å². The molecule has 31 heavy (non-hydrogen) atoms. The summed E-state index contributed by atoms with van der Waals surface area (Å²) in [6.45, 7) is 7.11. The molecule has 0 aliphatic rings. The molecule has 0 atom stereocenters. The van der Waals surface area contributed by atoms with Crippen LogP contribution in [-0.4, -0.2) is 26.9 Å². The van der Waals surface area contributed by atoms with Crippen molar-refractivity contribution in [3.8, 4) is 5.75 Å². The number of pyridine rings is 2. The highest BCUT2D eigenvalue weighted by Crippen LogP contribution is 2.32. The van der Waals surface area contributed by atoms with Gasteiger partial charge in [0.1, 0.15) is 16.8 Å². The van der Waals surface area contributed by atoms with E-state index < -0.39 is 5.95 Å². The molecule has 4 aromatic rings. The Kier molecular flexibility index (Phi) is 5.84. The normalized spacial score (nSPS) is 11.3. The Morgan fingerprint density at radius 3 is 2.48 bits per heavy atom. The first-order valence-electron chi connectivity index (χ1n) is 10.3. The third-order valence-electron chi connectivity index (χ3n) is 5.29. The summed E-state index contributed by atoms with van der Waals surface area (Å²) in [4.78, 5) is 10.5. The fraction of sp³-hybridized carbons (Fsp3) is 0.292. The molecule has 0 unspecified atom stereocenters. The SMILES string of the molecule is COc1ccc(CN(Cc2cccnc2F)c2ccnc3c(C)nn(C(C)C)c23)cc1. The number of ether oxygens (including phenoxy) is 1. The summed E-state index contributed by atoms with van der Waals surface area (Å²) < 4.78 is 21.7. The van der Waals surface area contributed by atoms with E-state index in [1.54, 1.807) is 25.4 Å². The van der Waals surface area contributed by atoms with Crippen LogP contribution < -0.4 is 9.64 Å². The minimum Gasteiger partial charge on any atom is -0.497 e. The molecule has 4 rings (SSSR count). The fourth-order valence-corrected chi connectivity index (χ4v) is 3.74. The van der Waals surface area contributed by atoms with Gasteiger partial charge in [-0.15, -0.1) is 0 Å². The number of nitrogens with zero attached hydrogens (tertiary/aromatic N) is 5. The van der Waals surface area contributed by atoms with Crippen LogP contribution in [0.5, 0.6) is 5.75 Å². The van der Waals surface area contributed by atoms with Gasteiger partial charge in [0.25, 0.3) is 0 Å². The topological polar surface area (TPSA) is 56.1 Å². The fourth-order valence-electron chi connectivity index (χ4n) is 3.74. The van der Waals surface area contributed by atoms with Crippen molar-refractivity contribution in [2.24, 2.45) is 0 Å². The average Bonchev–Trinajstić information content (AvgIpc) is 3.12. The third kappa shape index (κ3) is 4.21. The highest BCUT2D eigenvalue weighted by Gasteiger charge is 2.20. The van der Waals surface area contributed by atoms with E-state index >= 15 is 0 Å². The summed E-state index contributed by atoms with van der Waals surface area (Å²) in [6.07, 6.45) is 3.26. The molecule has 0 spiro atoms. The van der Waals surface area contributed by atoms with E-state index in [2.05, 4.69) is 28.7 Å². The average molecular weight is 420 g/mol. The smallest absolute Gasteiger partial charge is 0.217 e. The number of rotatable bonds is 7. The quantitative estimate of drug-likeness (QED) is 0.392. The predicted octanol–water partition coefficient (Wildman–Crippen LogP) is 5.07. The first kappa shape index (κ1) is 20.8. The lowest BCUT2D eigenvalue weighted by atomic mass is 10.1. The maximum atomic E-state index is 14.4. The van der Waals surface area contributed by atoms with Gasteiger partial charge in [-0.2, -0.15) is 9.49 Å². The van der Waals surface area contributed by atoms with Crippen molar-refractivity contribution < 1.29 is 9.13 Å². The van der Waals surface area contributed by atoms with Gasteiger partial charge in [0.15, 0.2) is 0 Å². The van der Waals surface area contributed by atoms with Crippen LogP contribution in [0.2, 0.25) is 0 Å². The summed E-state index contributed by atoms with van der Waals surface area (Å²) in [5, 5.41) is 4.71. The van der Waals surface area contributed by atoms with Gasteiger partial charge in [0.2, 0.25) is 5.95 Å². The number of halogens is 1. The minimum absolute atomic E-state index is 0.164. The van der Waals surface area contributed by atoms with E-state index in [-0.39, 0.29) is 6.04 Å². The van der Waals surface area contributed by atoms with E-state index in [9.17, 15) is 4.39 Å². The zero-order chi connectivity index (χ0) is 22.0. The molecule has 6 nitrogen and oxygen atoms in total. The molecule has 0 N–H and O–H groups in total. The van der Waals surface area contributed by atoms with Crippen LogP contribution in [0.3, 0.4) is 0 Å². The van der Waals surface area contributed by atoms with Crippen molar-refractivity contribution in [2.75, 3.05) is 12.0 Å². The molecule has 0 saturated carbocycles. The first-order valence-corrected chi connectivity index (χ1v) is 10.3. The minimum atomic E-state index is -0.457. The highest BCUT2D eigenvalue weighted by molar-refractivity contribution is 5.90. The Balaban J connectivity index is 1.82. The standard InChI is InChI=1S/C24H26FN5O/c1-16(2)30-23-21(11-13-26-22(23)17(3)28-30)29(15-19-6-5-12-27-24(19)25)14-18-7-9-20(31-4)10-8-18/h5-13,16H,14-15H2,1-4H3. The molecule has 0 bridgehead atoms. The van der Waals surface area contributed by atoms with Gasteiger partial charge >= 0.3 is 0 Å². The van der Waals surface area contributed by atoms with Gasteiger partial charge in [0, 0.05) is 37.1 Å². The molecule has 1 aromatic carbocycles. The van der Waals surface area contributed by atoms with Gasteiger partial charge in [-0.05, 0) is 50.6 Å². The largest absolute Gasteiger partial charge is 0.497 e. The van der Waals surface area contributed by atoms with Crippen molar-refractivity contribution in [1.29, 1.82) is 0 Å². The van der Waals surface area contributed by atoms with Crippen LogP contribution in [0.4, 0.5) is 10.1 Å². The number of benzene rings is 1. The Morgan fingerprint density at radius 2 is 1.81 bits per heavy atom. The Bertz CT molecular complexity index is 1190. The lowest BCUT2D eigenvalue weighted by Crippen LogP contribution is -2.24. The molecule has 0 saturated heterocycles. The molecule has 3 aromatic heterocycles.